The number of hydrogen-bond acceptors (Lipinski definition) is 4. The van der Waals surface area contributed by atoms with Crippen molar-refractivity contribution in [1.29, 1.82) is 0 Å². The van der Waals surface area contributed by atoms with Crippen molar-refractivity contribution in [2.75, 3.05) is 33.2 Å². The van der Waals surface area contributed by atoms with Crippen LogP contribution in [-0.2, 0) is 6.54 Å². The van der Waals surface area contributed by atoms with Gasteiger partial charge in [-0.1, -0.05) is 24.3 Å². The number of rotatable bonds is 5. The van der Waals surface area contributed by atoms with Crippen LogP contribution in [0.1, 0.15) is 21.5 Å². The van der Waals surface area contributed by atoms with E-state index in [2.05, 4.69) is 27.9 Å². The molecule has 0 aliphatic carbocycles. The molecule has 0 amide bonds. The number of carbonyl (C=O) groups is 1. The van der Waals surface area contributed by atoms with Gasteiger partial charge in [0, 0.05) is 50.7 Å². The van der Waals surface area contributed by atoms with Gasteiger partial charge in [-0.15, -0.1) is 0 Å². The van der Waals surface area contributed by atoms with Crippen LogP contribution in [0, 0.1) is 0 Å². The number of likely N-dealkylation sites (N-methyl/N-ethyl adjacent to an activating group) is 1. The third kappa shape index (κ3) is 4.60. The van der Waals surface area contributed by atoms with Crippen LogP contribution in [-0.4, -0.2) is 53.8 Å². The van der Waals surface area contributed by atoms with Crippen molar-refractivity contribution in [1.82, 2.24) is 14.8 Å². The highest BCUT2D eigenvalue weighted by Gasteiger charge is 2.14. The third-order valence-corrected chi connectivity index (χ3v) is 4.33. The first-order chi connectivity index (χ1) is 11.7. The van der Waals surface area contributed by atoms with Gasteiger partial charge in [-0.2, -0.15) is 0 Å². The first-order valence-corrected chi connectivity index (χ1v) is 8.33. The SMILES string of the molecule is CN1CCN(Cc2cccc(C(=O)/C=C/c3cccnc3)c2)CC1. The number of hydrogen-bond donors (Lipinski definition) is 0. The Bertz CT molecular complexity index is 704. The number of ketones is 1. The smallest absolute Gasteiger partial charge is 0.185 e. The lowest BCUT2D eigenvalue weighted by Gasteiger charge is -2.32. The van der Waals surface area contributed by atoms with Crippen molar-refractivity contribution < 1.29 is 4.79 Å². The Morgan fingerprint density at radius 3 is 2.75 bits per heavy atom. The van der Waals surface area contributed by atoms with Crippen LogP contribution in [0.2, 0.25) is 0 Å². The number of pyridine rings is 1. The second-order valence-corrected chi connectivity index (χ2v) is 6.26. The molecule has 0 saturated carbocycles. The van der Waals surface area contributed by atoms with E-state index in [-0.39, 0.29) is 5.78 Å². The normalized spacial score (nSPS) is 16.5. The monoisotopic (exact) mass is 321 g/mol. The number of piperazine rings is 1. The Morgan fingerprint density at radius 2 is 2.00 bits per heavy atom. The standard InChI is InChI=1S/C20H23N3O/c1-22-10-12-23(13-11-22)16-18-4-2-6-19(14-18)20(24)8-7-17-5-3-9-21-15-17/h2-9,14-15H,10-13,16H2,1H3/b8-7+. The summed E-state index contributed by atoms with van der Waals surface area (Å²) < 4.78 is 0. The maximum absolute atomic E-state index is 12.4. The predicted molar refractivity (Wildman–Crippen MR) is 96.8 cm³/mol. The quantitative estimate of drug-likeness (QED) is 0.627. The van der Waals surface area contributed by atoms with Gasteiger partial charge in [0.25, 0.3) is 0 Å². The Labute approximate surface area is 143 Å². The predicted octanol–water partition coefficient (Wildman–Crippen LogP) is 2.73. The minimum Gasteiger partial charge on any atom is -0.304 e. The molecule has 1 aromatic heterocycles. The van der Waals surface area contributed by atoms with Gasteiger partial charge >= 0.3 is 0 Å². The molecule has 1 aromatic carbocycles. The van der Waals surface area contributed by atoms with E-state index in [4.69, 9.17) is 0 Å². The molecular formula is C20H23N3O. The zero-order valence-corrected chi connectivity index (χ0v) is 14.1. The van der Waals surface area contributed by atoms with Crippen molar-refractivity contribution in [3.8, 4) is 0 Å². The van der Waals surface area contributed by atoms with Crippen LogP contribution in [0.25, 0.3) is 6.08 Å². The van der Waals surface area contributed by atoms with Crippen LogP contribution in [0.15, 0.2) is 54.9 Å². The van der Waals surface area contributed by atoms with E-state index in [1.807, 2.05) is 36.4 Å². The van der Waals surface area contributed by atoms with E-state index < -0.39 is 0 Å². The highest BCUT2D eigenvalue weighted by molar-refractivity contribution is 6.06. The van der Waals surface area contributed by atoms with E-state index in [1.54, 1.807) is 18.5 Å². The first kappa shape index (κ1) is 16.6. The molecule has 1 aliphatic heterocycles. The molecule has 0 radical (unpaired) electrons. The van der Waals surface area contributed by atoms with E-state index in [0.717, 1.165) is 43.9 Å². The van der Waals surface area contributed by atoms with Crippen LogP contribution >= 0.6 is 0 Å². The van der Waals surface area contributed by atoms with E-state index in [0.29, 0.717) is 0 Å². The molecule has 3 rings (SSSR count). The van der Waals surface area contributed by atoms with Crippen LogP contribution in [0.5, 0.6) is 0 Å². The van der Waals surface area contributed by atoms with Gasteiger partial charge in [0.2, 0.25) is 0 Å². The van der Waals surface area contributed by atoms with Gasteiger partial charge < -0.3 is 4.90 Å². The Morgan fingerprint density at radius 1 is 1.17 bits per heavy atom. The fourth-order valence-corrected chi connectivity index (χ4v) is 2.83. The van der Waals surface area contributed by atoms with Crippen molar-refractivity contribution in [2.45, 2.75) is 6.54 Å². The molecule has 0 N–H and O–H groups in total. The molecule has 1 fully saturated rings. The van der Waals surface area contributed by atoms with Crippen LogP contribution in [0.4, 0.5) is 0 Å². The molecule has 4 heteroatoms. The van der Waals surface area contributed by atoms with E-state index in [9.17, 15) is 4.79 Å². The summed E-state index contributed by atoms with van der Waals surface area (Å²) in [7, 11) is 2.16. The van der Waals surface area contributed by atoms with Crippen molar-refractivity contribution in [2.24, 2.45) is 0 Å². The molecule has 1 aliphatic rings. The van der Waals surface area contributed by atoms with Gasteiger partial charge in [0.05, 0.1) is 0 Å². The number of benzene rings is 1. The zero-order valence-electron chi connectivity index (χ0n) is 14.1. The summed E-state index contributed by atoms with van der Waals surface area (Å²) in [6, 6.07) is 11.7. The Kier molecular flexibility index (Phi) is 5.51. The average Bonchev–Trinajstić information content (AvgIpc) is 2.63. The summed E-state index contributed by atoms with van der Waals surface area (Å²) in [5, 5.41) is 0. The highest BCUT2D eigenvalue weighted by atomic mass is 16.1. The lowest BCUT2D eigenvalue weighted by Crippen LogP contribution is -2.43. The number of allylic oxidation sites excluding steroid dienone is 1. The Hall–Kier alpha value is -2.30. The van der Waals surface area contributed by atoms with Crippen LogP contribution < -0.4 is 0 Å². The molecule has 4 nitrogen and oxygen atoms in total. The van der Waals surface area contributed by atoms with Crippen molar-refractivity contribution in [3.63, 3.8) is 0 Å². The van der Waals surface area contributed by atoms with Gasteiger partial charge in [0.1, 0.15) is 0 Å². The molecule has 0 bridgehead atoms. The van der Waals surface area contributed by atoms with Gasteiger partial charge in [-0.3, -0.25) is 14.7 Å². The zero-order chi connectivity index (χ0) is 16.8. The van der Waals surface area contributed by atoms with Crippen LogP contribution in [0.3, 0.4) is 0 Å². The molecular weight excluding hydrogens is 298 g/mol. The summed E-state index contributed by atoms with van der Waals surface area (Å²) >= 11 is 0. The molecule has 1 saturated heterocycles. The highest BCUT2D eigenvalue weighted by Crippen LogP contribution is 2.12. The molecule has 0 spiro atoms. The molecule has 24 heavy (non-hydrogen) atoms. The van der Waals surface area contributed by atoms with Gasteiger partial charge in [-0.25, -0.2) is 0 Å². The summed E-state index contributed by atoms with van der Waals surface area (Å²) in [4.78, 5) is 21.2. The number of aromatic nitrogens is 1. The number of nitrogens with zero attached hydrogens (tertiary/aromatic N) is 3. The van der Waals surface area contributed by atoms with Gasteiger partial charge in [0.15, 0.2) is 5.78 Å². The maximum atomic E-state index is 12.4. The maximum Gasteiger partial charge on any atom is 0.185 e. The second kappa shape index (κ2) is 7.99. The lowest BCUT2D eigenvalue weighted by atomic mass is 10.1. The van der Waals surface area contributed by atoms with Gasteiger partial charge in [-0.05, 0) is 42.5 Å². The summed E-state index contributed by atoms with van der Waals surface area (Å²) in [6.07, 6.45) is 6.89. The van der Waals surface area contributed by atoms with E-state index in [1.165, 1.54) is 5.56 Å². The summed E-state index contributed by atoms with van der Waals surface area (Å²) in [6.45, 7) is 5.27. The summed E-state index contributed by atoms with van der Waals surface area (Å²) in [5.41, 5.74) is 2.86. The minimum absolute atomic E-state index is 0.0269. The first-order valence-electron chi connectivity index (χ1n) is 8.33. The fraction of sp³-hybridized carbons (Fsp3) is 0.300. The molecule has 124 valence electrons. The molecule has 0 atom stereocenters. The lowest BCUT2D eigenvalue weighted by molar-refractivity contribution is 0.104. The third-order valence-electron chi connectivity index (χ3n) is 4.33. The molecule has 2 aromatic rings. The average molecular weight is 321 g/mol. The Balaban J connectivity index is 1.64. The number of carbonyl (C=O) groups excluding carboxylic acids is 1. The topological polar surface area (TPSA) is 36.4 Å². The van der Waals surface area contributed by atoms with Crippen molar-refractivity contribution >= 4 is 11.9 Å². The second-order valence-electron chi connectivity index (χ2n) is 6.26. The summed E-state index contributed by atoms with van der Waals surface area (Å²) in [5.74, 6) is 0.0269. The minimum atomic E-state index is 0.0269. The largest absolute Gasteiger partial charge is 0.304 e. The van der Waals surface area contributed by atoms with E-state index >= 15 is 0 Å². The molecule has 0 unspecified atom stereocenters. The fourth-order valence-electron chi connectivity index (χ4n) is 2.83. The van der Waals surface area contributed by atoms with Crippen molar-refractivity contribution in [3.05, 3.63) is 71.6 Å². The molecule has 2 heterocycles.